The van der Waals surface area contributed by atoms with Crippen molar-refractivity contribution in [3.05, 3.63) is 29.6 Å². The van der Waals surface area contributed by atoms with Crippen LogP contribution >= 0.6 is 0 Å². The van der Waals surface area contributed by atoms with E-state index in [2.05, 4.69) is 0 Å². The number of nitrogens with zero attached hydrogens (tertiary/aromatic N) is 1. The van der Waals surface area contributed by atoms with E-state index >= 15 is 0 Å². The Bertz CT molecular complexity index is 733. The number of halogens is 1. The highest BCUT2D eigenvalue weighted by Crippen LogP contribution is 2.50. The van der Waals surface area contributed by atoms with E-state index in [0.717, 1.165) is 18.9 Å². The third kappa shape index (κ3) is 2.14. The second-order valence-electron chi connectivity index (χ2n) is 6.26. The van der Waals surface area contributed by atoms with Gasteiger partial charge in [0.1, 0.15) is 5.82 Å². The smallest absolute Gasteiger partial charge is 0.311 e. The lowest BCUT2D eigenvalue weighted by atomic mass is 9.81. The van der Waals surface area contributed by atoms with Gasteiger partial charge in [0.2, 0.25) is 10.0 Å². The number of aliphatic carboxylic acids is 1. The number of carboxylic acids is 1. The van der Waals surface area contributed by atoms with E-state index in [0.29, 0.717) is 12.0 Å². The highest BCUT2D eigenvalue weighted by molar-refractivity contribution is 7.89. The first-order valence-electron chi connectivity index (χ1n) is 7.27. The van der Waals surface area contributed by atoms with E-state index in [1.165, 1.54) is 16.4 Å². The lowest BCUT2D eigenvalue weighted by molar-refractivity contribution is -0.149. The monoisotopic (exact) mass is 327 g/mol. The molecule has 1 aromatic carbocycles. The van der Waals surface area contributed by atoms with Gasteiger partial charge in [-0.05, 0) is 49.4 Å². The van der Waals surface area contributed by atoms with Gasteiger partial charge >= 0.3 is 5.97 Å². The zero-order valence-corrected chi connectivity index (χ0v) is 13.1. The highest BCUT2D eigenvalue weighted by Gasteiger charge is 2.57. The molecule has 2 fully saturated rings. The number of aryl methyl sites for hydroxylation is 1. The second kappa shape index (κ2) is 5.03. The Morgan fingerprint density at radius 1 is 1.45 bits per heavy atom. The minimum Gasteiger partial charge on any atom is -0.481 e. The van der Waals surface area contributed by atoms with Gasteiger partial charge in [-0.25, -0.2) is 12.8 Å². The maximum atomic E-state index is 13.2. The number of fused-ring (bicyclic) bond motifs is 1. The van der Waals surface area contributed by atoms with Gasteiger partial charge in [-0.2, -0.15) is 4.31 Å². The summed E-state index contributed by atoms with van der Waals surface area (Å²) in [5.74, 6) is -1.54. The van der Waals surface area contributed by atoms with Crippen LogP contribution in [0.1, 0.15) is 24.8 Å². The molecule has 1 saturated heterocycles. The van der Waals surface area contributed by atoms with Crippen LogP contribution in [0, 0.1) is 24.1 Å². The minimum atomic E-state index is -3.80. The molecule has 3 rings (SSSR count). The zero-order chi connectivity index (χ0) is 16.1. The third-order valence-corrected chi connectivity index (χ3v) is 6.99. The predicted octanol–water partition coefficient (Wildman–Crippen LogP) is 2.01. The molecular weight excluding hydrogens is 309 g/mol. The molecule has 5 nitrogen and oxygen atoms in total. The number of hydrogen-bond acceptors (Lipinski definition) is 3. The van der Waals surface area contributed by atoms with Crippen LogP contribution in [0.2, 0.25) is 0 Å². The van der Waals surface area contributed by atoms with Gasteiger partial charge in [-0.15, -0.1) is 0 Å². The molecule has 120 valence electrons. The summed E-state index contributed by atoms with van der Waals surface area (Å²) < 4.78 is 40.0. The number of carboxylic acid groups (broad SMARTS) is 1. The molecule has 22 heavy (non-hydrogen) atoms. The molecule has 0 spiro atoms. The standard InChI is InChI=1S/C15H18FNO4S/c1-10-7-12(16)4-5-13(10)22(20,21)17-8-11-3-2-6-15(11,9-17)14(18)19/h4-5,7,11H,2-3,6,8-9H2,1H3,(H,18,19)/t11-,15+/m0/s1. The van der Waals surface area contributed by atoms with Crippen LogP contribution < -0.4 is 0 Å². The molecule has 0 amide bonds. The van der Waals surface area contributed by atoms with Gasteiger partial charge < -0.3 is 5.11 Å². The Kier molecular flexibility index (Phi) is 3.52. The second-order valence-corrected chi connectivity index (χ2v) is 8.16. The number of carbonyl (C=O) groups is 1. The quantitative estimate of drug-likeness (QED) is 0.921. The maximum absolute atomic E-state index is 13.2. The molecule has 1 saturated carbocycles. The summed E-state index contributed by atoms with van der Waals surface area (Å²) in [6, 6.07) is 3.54. The van der Waals surface area contributed by atoms with Crippen molar-refractivity contribution < 1.29 is 22.7 Å². The Hall–Kier alpha value is -1.47. The van der Waals surface area contributed by atoms with Gasteiger partial charge in [0.05, 0.1) is 10.3 Å². The van der Waals surface area contributed by atoms with Crippen LogP contribution in [-0.2, 0) is 14.8 Å². The fraction of sp³-hybridized carbons (Fsp3) is 0.533. The Morgan fingerprint density at radius 2 is 2.18 bits per heavy atom. The van der Waals surface area contributed by atoms with Gasteiger partial charge in [0, 0.05) is 13.1 Å². The van der Waals surface area contributed by atoms with Gasteiger partial charge in [0.25, 0.3) is 0 Å². The number of sulfonamides is 1. The largest absolute Gasteiger partial charge is 0.481 e. The Balaban J connectivity index is 1.96. The Morgan fingerprint density at radius 3 is 2.77 bits per heavy atom. The van der Waals surface area contributed by atoms with Gasteiger partial charge in [0.15, 0.2) is 0 Å². The van der Waals surface area contributed by atoms with E-state index in [4.69, 9.17) is 0 Å². The van der Waals surface area contributed by atoms with E-state index in [9.17, 15) is 22.7 Å². The van der Waals surface area contributed by atoms with Crippen molar-refractivity contribution in [1.29, 1.82) is 0 Å². The lowest BCUT2D eigenvalue weighted by Crippen LogP contribution is -2.37. The first kappa shape index (κ1) is 15.4. The van der Waals surface area contributed by atoms with Crippen molar-refractivity contribution in [3.8, 4) is 0 Å². The lowest BCUT2D eigenvalue weighted by Gasteiger charge is -2.23. The molecule has 1 aromatic rings. The average molecular weight is 327 g/mol. The van der Waals surface area contributed by atoms with Crippen LogP contribution in [0.15, 0.2) is 23.1 Å². The molecule has 7 heteroatoms. The van der Waals surface area contributed by atoms with Crippen LogP contribution in [0.5, 0.6) is 0 Å². The molecule has 0 radical (unpaired) electrons. The average Bonchev–Trinajstić information content (AvgIpc) is 2.95. The number of benzene rings is 1. The van der Waals surface area contributed by atoms with Crippen molar-refractivity contribution in [3.63, 3.8) is 0 Å². The maximum Gasteiger partial charge on any atom is 0.311 e. The number of rotatable bonds is 3. The SMILES string of the molecule is Cc1cc(F)ccc1S(=O)(=O)N1C[C@@H]2CCC[C@@]2(C(=O)O)C1. The van der Waals surface area contributed by atoms with E-state index in [1.54, 1.807) is 6.92 Å². The van der Waals surface area contributed by atoms with Crippen molar-refractivity contribution in [2.45, 2.75) is 31.1 Å². The molecule has 1 N–H and O–H groups in total. The molecular formula is C15H18FNO4S. The summed E-state index contributed by atoms with van der Waals surface area (Å²) in [6.07, 6.45) is 2.07. The molecule has 1 aliphatic carbocycles. The summed E-state index contributed by atoms with van der Waals surface area (Å²) in [7, 11) is -3.80. The van der Waals surface area contributed by atoms with Crippen molar-refractivity contribution in [2.24, 2.45) is 11.3 Å². The molecule has 0 aromatic heterocycles. The topological polar surface area (TPSA) is 74.7 Å². The summed E-state index contributed by atoms with van der Waals surface area (Å²) in [5.41, 5.74) is -0.623. The molecule has 1 heterocycles. The van der Waals surface area contributed by atoms with Crippen LogP contribution in [0.3, 0.4) is 0 Å². The van der Waals surface area contributed by atoms with Crippen molar-refractivity contribution in [1.82, 2.24) is 4.31 Å². The summed E-state index contributed by atoms with van der Waals surface area (Å²) in [4.78, 5) is 11.7. The van der Waals surface area contributed by atoms with Gasteiger partial charge in [-0.3, -0.25) is 4.79 Å². The van der Waals surface area contributed by atoms with Crippen molar-refractivity contribution in [2.75, 3.05) is 13.1 Å². The fourth-order valence-electron chi connectivity index (χ4n) is 3.82. The third-order valence-electron chi connectivity index (χ3n) is 5.02. The first-order chi connectivity index (χ1) is 10.3. The number of hydrogen-bond donors (Lipinski definition) is 1. The normalized spacial score (nSPS) is 28.7. The molecule has 0 bridgehead atoms. The van der Waals surface area contributed by atoms with Crippen molar-refractivity contribution >= 4 is 16.0 Å². The molecule has 1 aliphatic heterocycles. The first-order valence-corrected chi connectivity index (χ1v) is 8.71. The predicted molar refractivity (Wildman–Crippen MR) is 77.3 cm³/mol. The van der Waals surface area contributed by atoms with Gasteiger partial charge in [-0.1, -0.05) is 6.42 Å². The van der Waals surface area contributed by atoms with E-state index in [1.807, 2.05) is 0 Å². The van der Waals surface area contributed by atoms with Crippen LogP contribution in [0.4, 0.5) is 4.39 Å². The van der Waals surface area contributed by atoms with Crippen LogP contribution in [0.25, 0.3) is 0 Å². The minimum absolute atomic E-state index is 0.00610. The summed E-state index contributed by atoms with van der Waals surface area (Å²) >= 11 is 0. The zero-order valence-electron chi connectivity index (χ0n) is 12.3. The van der Waals surface area contributed by atoms with E-state index in [-0.39, 0.29) is 23.9 Å². The molecule has 0 unspecified atom stereocenters. The van der Waals surface area contributed by atoms with E-state index < -0.39 is 27.2 Å². The Labute approximate surface area is 128 Å². The van der Waals surface area contributed by atoms with Crippen LogP contribution in [-0.4, -0.2) is 36.9 Å². The fourth-order valence-corrected chi connectivity index (χ4v) is 5.58. The summed E-state index contributed by atoms with van der Waals surface area (Å²) in [6.45, 7) is 1.78. The molecule has 2 atom stereocenters. The summed E-state index contributed by atoms with van der Waals surface area (Å²) in [5, 5.41) is 9.55. The highest BCUT2D eigenvalue weighted by atomic mass is 32.2. The molecule has 2 aliphatic rings.